The van der Waals surface area contributed by atoms with Crippen molar-refractivity contribution in [3.05, 3.63) is 59.2 Å². The molecule has 0 bridgehead atoms. The summed E-state index contributed by atoms with van der Waals surface area (Å²) in [5.41, 5.74) is 7.67. The molecule has 0 unspecified atom stereocenters. The molecule has 0 heterocycles. The van der Waals surface area contributed by atoms with E-state index in [4.69, 9.17) is 17.4 Å². The molecule has 0 aliphatic heterocycles. The van der Waals surface area contributed by atoms with Crippen LogP contribution in [0.4, 0.5) is 5.69 Å². The number of rotatable bonds is 6. The molecule has 1 amide bonds. The zero-order valence-electron chi connectivity index (χ0n) is 15.8. The second kappa shape index (κ2) is 9.63. The van der Waals surface area contributed by atoms with Gasteiger partial charge < -0.3 is 5.32 Å². The summed E-state index contributed by atoms with van der Waals surface area (Å²) in [7, 11) is -3.91. The monoisotopic (exact) mass is 420 g/mol. The molecule has 0 aliphatic carbocycles. The number of sulfonamides is 1. The van der Waals surface area contributed by atoms with E-state index in [1.54, 1.807) is 6.92 Å². The number of hydrazine groups is 1. The van der Waals surface area contributed by atoms with Crippen LogP contribution in [0.2, 0.25) is 0 Å². The lowest BCUT2D eigenvalue weighted by atomic mass is 10.1. The lowest BCUT2D eigenvalue weighted by Crippen LogP contribution is -2.43. The van der Waals surface area contributed by atoms with Gasteiger partial charge in [0.1, 0.15) is 0 Å². The van der Waals surface area contributed by atoms with E-state index in [-0.39, 0.29) is 15.6 Å². The molecule has 2 aromatic carbocycles. The Hall–Kier alpha value is -2.49. The van der Waals surface area contributed by atoms with Crippen LogP contribution in [-0.2, 0) is 16.4 Å². The highest BCUT2D eigenvalue weighted by Crippen LogP contribution is 2.15. The number of hydrogen-bond acceptors (Lipinski definition) is 4. The van der Waals surface area contributed by atoms with Crippen molar-refractivity contribution in [3.8, 4) is 0 Å². The van der Waals surface area contributed by atoms with Crippen molar-refractivity contribution in [3.63, 3.8) is 0 Å². The largest absolute Gasteiger partial charge is 0.331 e. The van der Waals surface area contributed by atoms with Crippen molar-refractivity contribution in [1.82, 2.24) is 10.9 Å². The molecule has 150 valence electrons. The van der Waals surface area contributed by atoms with E-state index in [0.717, 1.165) is 24.9 Å². The number of nitrogens with two attached hydrogens (primary N) is 1. The molecule has 2 rings (SSSR count). The van der Waals surface area contributed by atoms with Crippen molar-refractivity contribution in [2.75, 3.05) is 5.32 Å². The first-order chi connectivity index (χ1) is 13.2. The molecule has 0 atom stereocenters. The van der Waals surface area contributed by atoms with E-state index in [2.05, 4.69) is 23.1 Å². The third-order valence-electron chi connectivity index (χ3n) is 4.08. The highest BCUT2D eigenvalue weighted by atomic mass is 32.2. The second-order valence-electron chi connectivity index (χ2n) is 6.36. The molecule has 7 nitrogen and oxygen atoms in total. The van der Waals surface area contributed by atoms with Crippen LogP contribution in [0.5, 0.6) is 0 Å². The maximum Gasteiger partial charge on any atom is 0.269 e. The Morgan fingerprint density at radius 2 is 1.79 bits per heavy atom. The standard InChI is InChI=1S/C19H24N4O3S2/c1-3-4-5-14-7-10-16(11-8-14)21-19(27)23-22-18(24)15-9-6-13(2)17(12-15)28(20,25)26/h6-12H,3-5H2,1-2H3,(H,22,24)(H2,20,25,26)(H2,21,23,27). The lowest BCUT2D eigenvalue weighted by Gasteiger charge is -2.13. The van der Waals surface area contributed by atoms with Gasteiger partial charge >= 0.3 is 0 Å². The number of carbonyl (C=O) groups is 1. The molecule has 9 heteroatoms. The molecular weight excluding hydrogens is 396 g/mol. The van der Waals surface area contributed by atoms with Gasteiger partial charge in [0.25, 0.3) is 5.91 Å². The van der Waals surface area contributed by atoms with Gasteiger partial charge in [0, 0.05) is 11.3 Å². The third-order valence-corrected chi connectivity index (χ3v) is 5.33. The van der Waals surface area contributed by atoms with Gasteiger partial charge in [-0.15, -0.1) is 0 Å². The van der Waals surface area contributed by atoms with Crippen LogP contribution in [0, 0.1) is 6.92 Å². The highest BCUT2D eigenvalue weighted by molar-refractivity contribution is 7.89. The van der Waals surface area contributed by atoms with Gasteiger partial charge in [-0.3, -0.25) is 15.6 Å². The smallest absolute Gasteiger partial charge is 0.269 e. The third kappa shape index (κ3) is 6.29. The summed E-state index contributed by atoms with van der Waals surface area (Å²) in [6, 6.07) is 12.1. The number of anilines is 1. The first kappa shape index (κ1) is 21.8. The van der Waals surface area contributed by atoms with Crippen LogP contribution in [0.25, 0.3) is 0 Å². The molecule has 0 fully saturated rings. The van der Waals surface area contributed by atoms with Crippen LogP contribution in [0.1, 0.15) is 41.3 Å². The number of benzene rings is 2. The fourth-order valence-electron chi connectivity index (χ4n) is 2.53. The van der Waals surface area contributed by atoms with E-state index in [1.807, 2.05) is 24.3 Å². The number of carbonyl (C=O) groups excluding carboxylic acids is 1. The Bertz CT molecular complexity index is 958. The van der Waals surface area contributed by atoms with E-state index < -0.39 is 15.9 Å². The van der Waals surface area contributed by atoms with Crippen LogP contribution in [0.3, 0.4) is 0 Å². The van der Waals surface area contributed by atoms with Gasteiger partial charge in [-0.1, -0.05) is 31.5 Å². The predicted molar refractivity (Wildman–Crippen MR) is 114 cm³/mol. The van der Waals surface area contributed by atoms with Gasteiger partial charge in [-0.05, 0) is 67.4 Å². The SMILES string of the molecule is CCCCc1ccc(NC(=S)NNC(=O)c2ccc(C)c(S(N)(=O)=O)c2)cc1. The number of aryl methyl sites for hydroxylation is 2. The lowest BCUT2D eigenvalue weighted by molar-refractivity contribution is 0.0944. The number of thiocarbonyl (C=S) groups is 1. The van der Waals surface area contributed by atoms with E-state index >= 15 is 0 Å². The molecule has 0 saturated carbocycles. The van der Waals surface area contributed by atoms with Gasteiger partial charge in [0.2, 0.25) is 10.0 Å². The number of nitrogens with one attached hydrogen (secondary N) is 3. The molecule has 0 aliphatic rings. The highest BCUT2D eigenvalue weighted by Gasteiger charge is 2.15. The maximum absolute atomic E-state index is 12.2. The predicted octanol–water partition coefficient (Wildman–Crippen LogP) is 2.62. The number of primary sulfonamides is 1. The van der Waals surface area contributed by atoms with Crippen LogP contribution < -0.4 is 21.3 Å². The van der Waals surface area contributed by atoms with Crippen LogP contribution >= 0.6 is 12.2 Å². The van der Waals surface area contributed by atoms with Crippen molar-refractivity contribution in [2.24, 2.45) is 5.14 Å². The number of amides is 1. The van der Waals surface area contributed by atoms with Gasteiger partial charge in [-0.2, -0.15) is 0 Å². The van der Waals surface area contributed by atoms with Crippen LogP contribution in [0.15, 0.2) is 47.4 Å². The van der Waals surface area contributed by atoms with Gasteiger partial charge in [0.05, 0.1) is 4.90 Å². The Morgan fingerprint density at radius 3 is 2.39 bits per heavy atom. The first-order valence-corrected chi connectivity index (χ1v) is 10.8. The quantitative estimate of drug-likeness (QED) is 0.422. The Balaban J connectivity index is 1.93. The minimum absolute atomic E-state index is 0.0935. The summed E-state index contributed by atoms with van der Waals surface area (Å²) in [5, 5.41) is 8.34. The molecule has 28 heavy (non-hydrogen) atoms. The zero-order valence-corrected chi connectivity index (χ0v) is 17.4. The van der Waals surface area contributed by atoms with Crippen molar-refractivity contribution >= 4 is 38.9 Å². The Labute approximate surface area is 170 Å². The van der Waals surface area contributed by atoms with Crippen molar-refractivity contribution in [2.45, 2.75) is 38.0 Å². The van der Waals surface area contributed by atoms with E-state index in [9.17, 15) is 13.2 Å². The minimum atomic E-state index is -3.91. The minimum Gasteiger partial charge on any atom is -0.331 e. The number of hydrogen-bond donors (Lipinski definition) is 4. The fraction of sp³-hybridized carbons (Fsp3) is 0.263. The average molecular weight is 421 g/mol. The molecule has 0 aromatic heterocycles. The summed E-state index contributed by atoms with van der Waals surface area (Å²) in [4.78, 5) is 12.1. The van der Waals surface area contributed by atoms with E-state index in [1.165, 1.54) is 23.8 Å². The molecule has 0 spiro atoms. The molecule has 2 aromatic rings. The summed E-state index contributed by atoms with van der Waals surface area (Å²) >= 11 is 5.16. The summed E-state index contributed by atoms with van der Waals surface area (Å²) in [5.74, 6) is -0.538. The van der Waals surface area contributed by atoms with Crippen LogP contribution in [-0.4, -0.2) is 19.4 Å². The van der Waals surface area contributed by atoms with Crippen molar-refractivity contribution in [1.29, 1.82) is 0 Å². The average Bonchev–Trinajstić information content (AvgIpc) is 2.65. The van der Waals surface area contributed by atoms with Gasteiger partial charge in [0.15, 0.2) is 5.11 Å². The van der Waals surface area contributed by atoms with E-state index in [0.29, 0.717) is 5.56 Å². The normalized spacial score (nSPS) is 11.0. The zero-order chi connectivity index (χ0) is 20.7. The molecule has 5 N–H and O–H groups in total. The second-order valence-corrected chi connectivity index (χ2v) is 8.30. The van der Waals surface area contributed by atoms with Crippen molar-refractivity contribution < 1.29 is 13.2 Å². The maximum atomic E-state index is 12.2. The topological polar surface area (TPSA) is 113 Å². The number of unbranched alkanes of at least 4 members (excludes halogenated alkanes) is 1. The molecular formula is C19H24N4O3S2. The first-order valence-electron chi connectivity index (χ1n) is 8.80. The Kier molecular flexibility index (Phi) is 7.50. The summed E-state index contributed by atoms with van der Waals surface area (Å²) < 4.78 is 23.2. The fourth-order valence-corrected chi connectivity index (χ4v) is 3.51. The van der Waals surface area contributed by atoms with Gasteiger partial charge in [-0.25, -0.2) is 13.6 Å². The summed E-state index contributed by atoms with van der Waals surface area (Å²) in [6.45, 7) is 3.76. The Morgan fingerprint density at radius 1 is 1.11 bits per heavy atom. The molecule has 0 radical (unpaired) electrons. The summed E-state index contributed by atoms with van der Waals surface area (Å²) in [6.07, 6.45) is 3.32. The molecule has 0 saturated heterocycles.